The van der Waals surface area contributed by atoms with Crippen LogP contribution in [0.3, 0.4) is 0 Å². The third kappa shape index (κ3) is 3.25. The molecule has 0 saturated heterocycles. The molecule has 4 aromatic heterocycles. The van der Waals surface area contributed by atoms with Gasteiger partial charge >= 0.3 is 5.56 Å². The van der Waals surface area contributed by atoms with Gasteiger partial charge in [-0.05, 0) is 42.0 Å². The van der Waals surface area contributed by atoms with Crippen molar-refractivity contribution in [1.29, 1.82) is 0 Å². The molecule has 2 aromatic carbocycles. The van der Waals surface area contributed by atoms with Gasteiger partial charge in [-0.3, -0.25) is 4.79 Å². The van der Waals surface area contributed by atoms with E-state index in [0.29, 0.717) is 39.6 Å². The maximum Gasteiger partial charge on any atom is 0.317 e. The fourth-order valence-electron chi connectivity index (χ4n) is 4.21. The maximum absolute atomic E-state index is 13.3. The normalized spacial score (nSPS) is 12.8. The Kier molecular flexibility index (Phi) is 4.46. The van der Waals surface area contributed by atoms with Crippen molar-refractivity contribution in [2.75, 3.05) is 6.79 Å². The Morgan fingerprint density at radius 2 is 1.86 bits per heavy atom. The number of ether oxygens (including phenoxy) is 2. The molecule has 174 valence electrons. The van der Waals surface area contributed by atoms with E-state index in [-0.39, 0.29) is 12.4 Å². The van der Waals surface area contributed by atoms with Gasteiger partial charge in [0.05, 0.1) is 23.6 Å². The Balaban J connectivity index is 1.38. The summed E-state index contributed by atoms with van der Waals surface area (Å²) in [7, 11) is 0. The molecule has 0 N–H and O–H groups in total. The Morgan fingerprint density at radius 1 is 0.972 bits per heavy atom. The van der Waals surface area contributed by atoms with Gasteiger partial charge in [-0.2, -0.15) is 9.78 Å². The monoisotopic (exact) mass is 476 g/mol. The van der Waals surface area contributed by atoms with E-state index < -0.39 is 5.56 Å². The topological polar surface area (TPSA) is 105 Å². The second-order valence-electron chi connectivity index (χ2n) is 8.11. The number of hydrogen-bond donors (Lipinski definition) is 0. The van der Waals surface area contributed by atoms with E-state index in [2.05, 4.69) is 10.1 Å². The molecule has 0 radical (unpaired) electrons. The highest BCUT2D eigenvalue weighted by atomic mass is 16.7. The minimum absolute atomic E-state index is 0.0563. The summed E-state index contributed by atoms with van der Waals surface area (Å²) in [4.78, 5) is 22.5. The molecule has 0 fully saturated rings. The summed E-state index contributed by atoms with van der Waals surface area (Å²) >= 11 is 0. The van der Waals surface area contributed by atoms with Crippen molar-refractivity contribution in [2.45, 2.75) is 0 Å². The Hall–Kier alpha value is -5.18. The van der Waals surface area contributed by atoms with E-state index in [4.69, 9.17) is 23.3 Å². The lowest BCUT2D eigenvalue weighted by Gasteiger charge is -2.05. The van der Waals surface area contributed by atoms with Gasteiger partial charge in [-0.25, -0.2) is 9.97 Å². The number of benzene rings is 2. The van der Waals surface area contributed by atoms with E-state index in [1.54, 1.807) is 30.7 Å². The molecule has 5 heterocycles. The summed E-state index contributed by atoms with van der Waals surface area (Å²) in [6.45, 7) is 0.183. The Morgan fingerprint density at radius 3 is 2.72 bits per heavy atom. The molecular weight excluding hydrogens is 460 g/mol. The molecule has 9 nitrogen and oxygen atoms in total. The average molecular weight is 476 g/mol. The zero-order valence-corrected chi connectivity index (χ0v) is 18.6. The van der Waals surface area contributed by atoms with Gasteiger partial charge in [0.1, 0.15) is 17.6 Å². The first kappa shape index (κ1) is 20.2. The lowest BCUT2D eigenvalue weighted by molar-refractivity contribution is 0.174. The van der Waals surface area contributed by atoms with Crippen LogP contribution in [0.4, 0.5) is 0 Å². The summed E-state index contributed by atoms with van der Waals surface area (Å²) in [5.74, 6) is 1.92. The molecule has 36 heavy (non-hydrogen) atoms. The number of rotatable bonds is 4. The van der Waals surface area contributed by atoms with Gasteiger partial charge < -0.3 is 18.3 Å². The molecule has 0 aliphatic carbocycles. The van der Waals surface area contributed by atoms with Crippen molar-refractivity contribution < 1.29 is 18.3 Å². The minimum atomic E-state index is -0.457. The average Bonchev–Trinajstić information content (AvgIpc) is 3.68. The second kappa shape index (κ2) is 7.95. The number of pyridine rings is 1. The molecule has 1 aliphatic heterocycles. The first-order valence-corrected chi connectivity index (χ1v) is 11.1. The van der Waals surface area contributed by atoms with Crippen LogP contribution in [0.25, 0.3) is 44.8 Å². The van der Waals surface area contributed by atoms with E-state index in [9.17, 15) is 4.79 Å². The Bertz CT molecular complexity index is 1840. The second-order valence-corrected chi connectivity index (χ2v) is 8.11. The summed E-state index contributed by atoms with van der Waals surface area (Å²) < 4.78 is 23.5. The lowest BCUT2D eigenvalue weighted by Crippen LogP contribution is -2.16. The van der Waals surface area contributed by atoms with Crippen LogP contribution in [0.15, 0.2) is 98.1 Å². The number of fused-ring (bicyclic) bond motifs is 4. The number of furan rings is 2. The molecule has 0 spiro atoms. The SMILES string of the molecule is O=c1c2oc3nc(-c4ccccc4)cc(-c4ccco4)c3c2ncn1N=Cc1ccc2c(c1)OCO2. The lowest BCUT2D eigenvalue weighted by atomic mass is 10.0. The third-order valence-electron chi connectivity index (χ3n) is 5.92. The first-order chi connectivity index (χ1) is 17.7. The van der Waals surface area contributed by atoms with Crippen molar-refractivity contribution in [3.8, 4) is 34.1 Å². The van der Waals surface area contributed by atoms with Crippen LogP contribution in [0.2, 0.25) is 0 Å². The molecule has 0 bridgehead atoms. The van der Waals surface area contributed by atoms with Crippen molar-refractivity contribution in [2.24, 2.45) is 5.10 Å². The standard InChI is InChI=1S/C27H16N4O5/c32-27-25-24(28-14-31(27)29-13-16-8-9-21-22(11-16)35-15-34-21)23-18(20-7-4-10-33-20)12-19(30-26(23)36-25)17-5-2-1-3-6-17/h1-14H,15H2. The molecule has 0 saturated carbocycles. The molecule has 9 heteroatoms. The first-order valence-electron chi connectivity index (χ1n) is 11.1. The van der Waals surface area contributed by atoms with Gasteiger partial charge in [0.25, 0.3) is 0 Å². The number of aromatic nitrogens is 3. The van der Waals surface area contributed by atoms with Gasteiger partial charge in [-0.15, -0.1) is 0 Å². The van der Waals surface area contributed by atoms with Gasteiger partial charge in [0.15, 0.2) is 11.5 Å². The quantitative estimate of drug-likeness (QED) is 0.327. The molecule has 7 rings (SSSR count). The number of hydrogen-bond acceptors (Lipinski definition) is 8. The summed E-state index contributed by atoms with van der Waals surface area (Å²) in [5.41, 5.74) is 3.35. The van der Waals surface area contributed by atoms with Crippen molar-refractivity contribution in [1.82, 2.24) is 14.6 Å². The molecule has 1 aliphatic rings. The van der Waals surface area contributed by atoms with Gasteiger partial charge in [0, 0.05) is 11.1 Å². The Labute approximate surface area is 202 Å². The van der Waals surface area contributed by atoms with Crippen molar-refractivity contribution in [3.63, 3.8) is 0 Å². The van der Waals surface area contributed by atoms with Gasteiger partial charge in [-0.1, -0.05) is 30.3 Å². The van der Waals surface area contributed by atoms with Crippen LogP contribution in [0.1, 0.15) is 5.56 Å². The van der Waals surface area contributed by atoms with E-state index in [1.807, 2.05) is 48.5 Å². The maximum atomic E-state index is 13.3. The highest BCUT2D eigenvalue weighted by Crippen LogP contribution is 2.37. The smallest absolute Gasteiger partial charge is 0.317 e. The zero-order chi connectivity index (χ0) is 24.1. The summed E-state index contributed by atoms with van der Waals surface area (Å²) in [6.07, 6.45) is 4.50. The minimum Gasteiger partial charge on any atom is -0.464 e. The predicted molar refractivity (Wildman–Crippen MR) is 132 cm³/mol. The highest BCUT2D eigenvalue weighted by molar-refractivity contribution is 6.09. The molecule has 0 unspecified atom stereocenters. The molecule has 6 aromatic rings. The van der Waals surface area contributed by atoms with Crippen LogP contribution in [0.5, 0.6) is 11.5 Å². The largest absolute Gasteiger partial charge is 0.464 e. The molecule has 0 amide bonds. The predicted octanol–water partition coefficient (Wildman–Crippen LogP) is 5.08. The van der Waals surface area contributed by atoms with Crippen LogP contribution in [-0.4, -0.2) is 27.7 Å². The van der Waals surface area contributed by atoms with Crippen LogP contribution in [-0.2, 0) is 0 Å². The summed E-state index contributed by atoms with van der Waals surface area (Å²) in [6, 6.07) is 20.7. The molecule has 0 atom stereocenters. The van der Waals surface area contributed by atoms with Crippen LogP contribution in [0, 0.1) is 0 Å². The molecular formula is C27H16N4O5. The van der Waals surface area contributed by atoms with E-state index in [0.717, 1.165) is 21.4 Å². The fraction of sp³-hybridized carbons (Fsp3) is 0.0370. The fourth-order valence-corrected chi connectivity index (χ4v) is 4.21. The van der Waals surface area contributed by atoms with E-state index in [1.165, 1.54) is 6.33 Å². The highest BCUT2D eigenvalue weighted by Gasteiger charge is 2.21. The van der Waals surface area contributed by atoms with Gasteiger partial charge in [0.2, 0.25) is 18.1 Å². The third-order valence-corrected chi connectivity index (χ3v) is 5.92. The number of nitrogens with zero attached hydrogens (tertiary/aromatic N) is 4. The van der Waals surface area contributed by atoms with Crippen molar-refractivity contribution >= 4 is 28.4 Å². The van der Waals surface area contributed by atoms with Crippen LogP contribution < -0.4 is 15.0 Å². The van der Waals surface area contributed by atoms with E-state index >= 15 is 0 Å². The zero-order valence-electron chi connectivity index (χ0n) is 18.6. The van der Waals surface area contributed by atoms with Crippen molar-refractivity contribution in [3.05, 3.63) is 95.2 Å². The summed E-state index contributed by atoms with van der Waals surface area (Å²) in [5, 5.41) is 4.88. The van der Waals surface area contributed by atoms with Crippen LogP contribution >= 0.6 is 0 Å².